The van der Waals surface area contributed by atoms with Crippen LogP contribution in [0.15, 0.2) is 60.9 Å². The number of aromatic nitrogens is 2. The second-order valence-electron chi connectivity index (χ2n) is 12.1. The van der Waals surface area contributed by atoms with Crippen molar-refractivity contribution in [2.45, 2.75) is 44.6 Å². The molecule has 2 aromatic carbocycles. The average Bonchev–Trinajstić information content (AvgIpc) is 3.72. The number of aliphatic hydroxyl groups is 1. The van der Waals surface area contributed by atoms with E-state index < -0.39 is 11.8 Å². The zero-order chi connectivity index (χ0) is 33.7. The van der Waals surface area contributed by atoms with Gasteiger partial charge in [-0.1, -0.05) is 36.4 Å². The number of anilines is 2. The molecule has 4 aromatic heterocycles. The number of benzene rings is 2. The largest absolute Gasteiger partial charge is 1.00 e. The fraction of sp³-hybridized carbons (Fsp3) is 0.194. The minimum absolute atomic E-state index is 0. The van der Waals surface area contributed by atoms with E-state index in [0.29, 0.717) is 47.8 Å². The van der Waals surface area contributed by atoms with Crippen LogP contribution in [-0.4, -0.2) is 47.2 Å². The van der Waals surface area contributed by atoms with Gasteiger partial charge in [0.1, 0.15) is 17.4 Å². The Kier molecular flexibility index (Phi) is 11.2. The summed E-state index contributed by atoms with van der Waals surface area (Å²) < 4.78 is 1.54. The molecule has 0 saturated heterocycles. The number of primary amides is 2. The van der Waals surface area contributed by atoms with Crippen LogP contribution >= 0.6 is 22.7 Å². The molecule has 0 bridgehead atoms. The molecule has 247 valence electrons. The number of nitrogens with two attached hydrogens (primary N) is 4. The number of amides is 2. The number of hydrogen-bond donors (Lipinski definition) is 5. The van der Waals surface area contributed by atoms with Crippen LogP contribution in [0.2, 0.25) is 0 Å². The standard InChI is InChI=1S/C18H17N3O2S.C18H15N3O2S.B.Na.H/c2*19-17-13-7-15(24-16(13)14(8-21-17)18(20)23)11-2-1-10-6-12(22)4-3-9(10)5-11;;;/h1-2,5,7-8,12,22H,3-4,6H2,(H2,19,21)(H2,20,23);1-2,5,7-8H,3-4,6H2,(H2,19,21)(H2,20,23);;;/q;;;+1;-1. The van der Waals surface area contributed by atoms with E-state index in [0.717, 1.165) is 65.9 Å². The Morgan fingerprint density at radius 2 is 1.24 bits per heavy atom. The normalized spacial score (nSPS) is 14.8. The van der Waals surface area contributed by atoms with Crippen LogP contribution in [0.5, 0.6) is 0 Å². The molecule has 3 radical (unpaired) electrons. The number of nitrogen functional groups attached to an aromatic ring is 2. The molecule has 8 rings (SSSR count). The third-order valence-corrected chi connectivity index (χ3v) is 11.4. The number of carbonyl (C=O) groups is 3. The van der Waals surface area contributed by atoms with Crippen molar-refractivity contribution in [3.8, 4) is 20.9 Å². The molecule has 0 spiro atoms. The van der Waals surface area contributed by atoms with E-state index in [-0.39, 0.29) is 45.5 Å². The van der Waals surface area contributed by atoms with Gasteiger partial charge >= 0.3 is 29.6 Å². The van der Waals surface area contributed by atoms with Crippen LogP contribution in [0.3, 0.4) is 0 Å². The number of fused-ring (bicyclic) bond motifs is 4. The van der Waals surface area contributed by atoms with Crippen molar-refractivity contribution in [1.29, 1.82) is 0 Å². The maximum atomic E-state index is 11.6. The van der Waals surface area contributed by atoms with Crippen LogP contribution < -0.4 is 52.5 Å². The molecular formula is C36H33BN6NaO4S2. The van der Waals surface area contributed by atoms with Gasteiger partial charge in [0.25, 0.3) is 11.8 Å². The first-order chi connectivity index (χ1) is 23.0. The second kappa shape index (κ2) is 15.0. The number of pyridine rings is 2. The zero-order valence-electron chi connectivity index (χ0n) is 28.4. The summed E-state index contributed by atoms with van der Waals surface area (Å²) in [5, 5.41) is 11.3. The number of ketones is 1. The Bertz CT molecular complexity index is 2310. The molecule has 50 heavy (non-hydrogen) atoms. The van der Waals surface area contributed by atoms with Crippen LogP contribution in [0.1, 0.15) is 57.2 Å². The number of nitrogens with zero attached hydrogens (tertiary/aromatic N) is 2. The van der Waals surface area contributed by atoms with E-state index in [4.69, 9.17) is 22.9 Å². The molecule has 1 unspecified atom stereocenters. The van der Waals surface area contributed by atoms with Crippen molar-refractivity contribution in [3.63, 3.8) is 0 Å². The van der Waals surface area contributed by atoms with Crippen LogP contribution in [0.4, 0.5) is 11.6 Å². The fourth-order valence-corrected chi connectivity index (χ4v) is 8.73. The van der Waals surface area contributed by atoms with E-state index in [1.54, 1.807) is 0 Å². The molecule has 2 amide bonds. The number of hydrogen-bond acceptors (Lipinski definition) is 10. The van der Waals surface area contributed by atoms with Gasteiger partial charge in [0.05, 0.1) is 26.6 Å². The van der Waals surface area contributed by atoms with E-state index in [1.807, 2.05) is 24.3 Å². The third-order valence-electron chi connectivity index (χ3n) is 8.95. The van der Waals surface area contributed by atoms with Crippen molar-refractivity contribution in [2.75, 3.05) is 11.5 Å². The van der Waals surface area contributed by atoms with Gasteiger partial charge in [0, 0.05) is 54.2 Å². The van der Waals surface area contributed by atoms with Crippen molar-refractivity contribution < 1.29 is 50.5 Å². The Hall–Kier alpha value is -4.11. The van der Waals surface area contributed by atoms with Crippen LogP contribution in [-0.2, 0) is 30.5 Å². The summed E-state index contributed by atoms with van der Waals surface area (Å²) in [6.07, 6.45) is 6.92. The monoisotopic (exact) mass is 711 g/mol. The Balaban J connectivity index is 0.000000216. The molecule has 4 heterocycles. The van der Waals surface area contributed by atoms with Crippen molar-refractivity contribution in [3.05, 3.63) is 94.3 Å². The number of Topliss-reactive ketones (excluding diaryl/α,β-unsaturated/α-hetero) is 1. The number of rotatable bonds is 4. The smallest absolute Gasteiger partial charge is 1.00 e. The van der Waals surface area contributed by atoms with Crippen molar-refractivity contribution >= 4 is 80.5 Å². The fourth-order valence-electron chi connectivity index (χ4n) is 6.37. The number of aryl methyl sites for hydroxylation is 2. The molecule has 0 aliphatic heterocycles. The van der Waals surface area contributed by atoms with Gasteiger partial charge in [-0.05, 0) is 71.2 Å². The van der Waals surface area contributed by atoms with Gasteiger partial charge in [-0.25, -0.2) is 9.97 Å². The molecular weight excluding hydrogens is 678 g/mol. The topological polar surface area (TPSA) is 201 Å². The first kappa shape index (κ1) is 37.2. The van der Waals surface area contributed by atoms with Gasteiger partial charge < -0.3 is 29.5 Å². The van der Waals surface area contributed by atoms with Gasteiger partial charge in [0.2, 0.25) is 0 Å². The quantitative estimate of drug-likeness (QED) is 0.171. The minimum atomic E-state index is -0.509. The molecule has 10 nitrogen and oxygen atoms in total. The first-order valence-corrected chi connectivity index (χ1v) is 17.1. The predicted octanol–water partition coefficient (Wildman–Crippen LogP) is 1.93. The predicted molar refractivity (Wildman–Crippen MR) is 198 cm³/mol. The van der Waals surface area contributed by atoms with E-state index >= 15 is 0 Å². The molecule has 0 fully saturated rings. The Morgan fingerprint density at radius 3 is 1.76 bits per heavy atom. The molecule has 0 saturated carbocycles. The Morgan fingerprint density at radius 1 is 0.740 bits per heavy atom. The summed E-state index contributed by atoms with van der Waals surface area (Å²) in [6, 6.07) is 16.4. The molecule has 14 heteroatoms. The third kappa shape index (κ3) is 7.20. The summed E-state index contributed by atoms with van der Waals surface area (Å²) >= 11 is 2.98. The molecule has 9 N–H and O–H groups in total. The number of carbonyl (C=O) groups excluding carboxylic acids is 3. The van der Waals surface area contributed by atoms with Gasteiger partial charge in [-0.3, -0.25) is 14.4 Å². The summed E-state index contributed by atoms with van der Waals surface area (Å²) in [7, 11) is 0. The summed E-state index contributed by atoms with van der Waals surface area (Å²) in [5.41, 5.74) is 30.5. The molecule has 2 aliphatic carbocycles. The number of aliphatic hydroxyl groups excluding tert-OH is 1. The molecule has 1 atom stereocenters. The SMILES string of the molecule is NC(=O)c1cnc(N)c2cc(-c3ccc4c(c3)CCC(=O)C4)sc12.NC(=O)c1cnc(N)c2cc(-c3ccc4c(c3)CCC(O)C4)sc12.[B].[H-].[Na+]. The van der Waals surface area contributed by atoms with E-state index in [9.17, 15) is 19.5 Å². The van der Waals surface area contributed by atoms with E-state index in [2.05, 4.69) is 34.2 Å². The zero-order valence-corrected chi connectivity index (χ0v) is 31.0. The van der Waals surface area contributed by atoms with Crippen LogP contribution in [0.25, 0.3) is 41.1 Å². The first-order valence-electron chi connectivity index (χ1n) is 15.5. The second-order valence-corrected chi connectivity index (χ2v) is 14.2. The van der Waals surface area contributed by atoms with Gasteiger partial charge in [0.15, 0.2) is 0 Å². The minimum Gasteiger partial charge on any atom is -1.00 e. The van der Waals surface area contributed by atoms with E-state index in [1.165, 1.54) is 51.8 Å². The maximum Gasteiger partial charge on any atom is 1.00 e. The number of thiophene rings is 2. The Labute approximate surface area is 321 Å². The van der Waals surface area contributed by atoms with Crippen molar-refractivity contribution in [2.24, 2.45) is 11.5 Å². The van der Waals surface area contributed by atoms with Crippen LogP contribution in [0, 0.1) is 0 Å². The molecule has 2 aliphatic rings. The maximum absolute atomic E-state index is 11.6. The van der Waals surface area contributed by atoms with Gasteiger partial charge in [-0.15, -0.1) is 22.7 Å². The summed E-state index contributed by atoms with van der Waals surface area (Å²) in [4.78, 5) is 45.0. The van der Waals surface area contributed by atoms with Crippen molar-refractivity contribution in [1.82, 2.24) is 9.97 Å². The average molecular weight is 712 g/mol. The molecule has 6 aromatic rings. The summed E-state index contributed by atoms with van der Waals surface area (Å²) in [6.45, 7) is 0. The summed E-state index contributed by atoms with van der Waals surface area (Å²) in [5.74, 6) is 0.0758. The van der Waals surface area contributed by atoms with Gasteiger partial charge in [-0.2, -0.15) is 0 Å².